The molecule has 0 bridgehead atoms. The number of benzene rings is 2. The van der Waals surface area contributed by atoms with E-state index >= 15 is 0 Å². The van der Waals surface area contributed by atoms with Gasteiger partial charge in [0.2, 0.25) is 5.78 Å². The van der Waals surface area contributed by atoms with Gasteiger partial charge in [0, 0.05) is 11.1 Å². The van der Waals surface area contributed by atoms with Crippen molar-refractivity contribution in [2.45, 2.75) is 6.18 Å². The molecular weight excluding hydrogens is 448 g/mol. The first-order chi connectivity index (χ1) is 15.2. The fourth-order valence-electron chi connectivity index (χ4n) is 2.96. The summed E-state index contributed by atoms with van der Waals surface area (Å²) in [7, 11) is 0. The Labute approximate surface area is 184 Å². The van der Waals surface area contributed by atoms with Crippen LogP contribution in [-0.2, 0) is 6.18 Å². The lowest BCUT2D eigenvalue weighted by Crippen LogP contribution is -2.04. The van der Waals surface area contributed by atoms with Crippen LogP contribution in [0.1, 0.15) is 21.9 Å². The van der Waals surface area contributed by atoms with Gasteiger partial charge in [0.15, 0.2) is 5.76 Å². The number of hydrogen-bond donors (Lipinski definition) is 0. The molecule has 0 fully saturated rings. The molecule has 0 saturated carbocycles. The monoisotopic (exact) mass is 460 g/mol. The maximum absolute atomic E-state index is 13.0. The second-order valence-corrected chi connectivity index (χ2v) is 7.17. The standard InChI is InChI=1S/C24H13ClF4O3/c25-19-8-3-15(24(27,28)29)13-18(19)22-10-7-17(31-22)6-9-20(30)23-12-11-21(32-23)14-1-4-16(26)5-2-14/h1-13H. The zero-order valence-electron chi connectivity index (χ0n) is 16.1. The molecular formula is C24H13ClF4O3. The van der Waals surface area contributed by atoms with Crippen molar-refractivity contribution in [1.82, 2.24) is 0 Å². The molecule has 8 heteroatoms. The van der Waals surface area contributed by atoms with Gasteiger partial charge in [-0.15, -0.1) is 0 Å². The molecule has 0 spiro atoms. The Morgan fingerprint density at radius 3 is 2.31 bits per heavy atom. The number of alkyl halides is 3. The van der Waals surface area contributed by atoms with Gasteiger partial charge in [0.25, 0.3) is 0 Å². The third kappa shape index (κ3) is 4.68. The maximum Gasteiger partial charge on any atom is 0.416 e. The number of carbonyl (C=O) groups is 1. The fourth-order valence-corrected chi connectivity index (χ4v) is 3.17. The van der Waals surface area contributed by atoms with Crippen molar-refractivity contribution in [3.63, 3.8) is 0 Å². The van der Waals surface area contributed by atoms with Crippen LogP contribution in [0.5, 0.6) is 0 Å². The molecule has 0 N–H and O–H groups in total. The Morgan fingerprint density at radius 1 is 0.875 bits per heavy atom. The Balaban J connectivity index is 1.51. The Morgan fingerprint density at radius 2 is 1.59 bits per heavy atom. The SMILES string of the molecule is O=C(C=Cc1ccc(-c2cc(C(F)(F)F)ccc2Cl)o1)c1ccc(-c2ccc(F)cc2)o1. The molecule has 2 aromatic carbocycles. The van der Waals surface area contributed by atoms with Crippen molar-refractivity contribution in [2.75, 3.05) is 0 Å². The summed E-state index contributed by atoms with van der Waals surface area (Å²) >= 11 is 6.03. The molecule has 2 aromatic heterocycles. The van der Waals surface area contributed by atoms with Crippen molar-refractivity contribution < 1.29 is 31.2 Å². The highest BCUT2D eigenvalue weighted by Gasteiger charge is 2.31. The lowest BCUT2D eigenvalue weighted by Gasteiger charge is -2.09. The summed E-state index contributed by atoms with van der Waals surface area (Å²) in [5.74, 6) is 0.00336. The van der Waals surface area contributed by atoms with Crippen molar-refractivity contribution in [1.29, 1.82) is 0 Å². The van der Waals surface area contributed by atoms with Gasteiger partial charge < -0.3 is 8.83 Å². The van der Waals surface area contributed by atoms with Crippen LogP contribution in [-0.4, -0.2) is 5.78 Å². The van der Waals surface area contributed by atoms with Gasteiger partial charge in [-0.05, 0) is 78.9 Å². The number of furan rings is 2. The molecule has 0 aliphatic heterocycles. The summed E-state index contributed by atoms with van der Waals surface area (Å²) < 4.78 is 63.0. The van der Waals surface area contributed by atoms with Crippen LogP contribution in [0.3, 0.4) is 0 Å². The summed E-state index contributed by atoms with van der Waals surface area (Å²) in [6.45, 7) is 0. The normalized spacial score (nSPS) is 11.9. The first kappa shape index (κ1) is 21.6. The Hall–Kier alpha value is -3.58. The van der Waals surface area contributed by atoms with Gasteiger partial charge in [0.05, 0.1) is 10.6 Å². The topological polar surface area (TPSA) is 43.4 Å². The van der Waals surface area contributed by atoms with Gasteiger partial charge in [-0.1, -0.05) is 11.6 Å². The van der Waals surface area contributed by atoms with Crippen LogP contribution >= 0.6 is 11.6 Å². The molecule has 0 aliphatic carbocycles. The van der Waals surface area contributed by atoms with Crippen LogP contribution in [0.2, 0.25) is 5.02 Å². The molecule has 3 nitrogen and oxygen atoms in total. The molecule has 4 rings (SSSR count). The van der Waals surface area contributed by atoms with Crippen molar-refractivity contribution in [3.8, 4) is 22.6 Å². The van der Waals surface area contributed by atoms with Crippen molar-refractivity contribution in [3.05, 3.63) is 101 Å². The molecule has 32 heavy (non-hydrogen) atoms. The quantitative estimate of drug-likeness (QED) is 0.173. The van der Waals surface area contributed by atoms with E-state index in [1.54, 1.807) is 6.07 Å². The Kier molecular flexibility index (Phi) is 5.76. The van der Waals surface area contributed by atoms with E-state index in [4.69, 9.17) is 20.4 Å². The van der Waals surface area contributed by atoms with Gasteiger partial charge in [-0.2, -0.15) is 13.2 Å². The molecule has 0 amide bonds. The van der Waals surface area contributed by atoms with Gasteiger partial charge in [-0.25, -0.2) is 4.39 Å². The number of rotatable bonds is 5. The summed E-state index contributed by atoms with van der Waals surface area (Å²) in [6.07, 6.45) is -1.94. The molecule has 0 saturated heterocycles. The zero-order valence-corrected chi connectivity index (χ0v) is 16.9. The molecule has 0 radical (unpaired) electrons. The average molecular weight is 461 g/mol. The molecule has 2 heterocycles. The minimum absolute atomic E-state index is 0.0632. The summed E-state index contributed by atoms with van der Waals surface area (Å²) in [4.78, 5) is 12.4. The molecule has 4 aromatic rings. The third-order valence-electron chi connectivity index (χ3n) is 4.56. The van der Waals surface area contributed by atoms with E-state index < -0.39 is 17.5 Å². The molecule has 0 unspecified atom stereocenters. The summed E-state index contributed by atoms with van der Waals surface area (Å²) in [6, 6.07) is 14.6. The first-order valence-corrected chi connectivity index (χ1v) is 9.63. The second kappa shape index (κ2) is 8.51. The Bertz CT molecular complexity index is 1300. The van der Waals surface area contributed by atoms with Crippen LogP contribution < -0.4 is 0 Å². The highest BCUT2D eigenvalue weighted by Crippen LogP contribution is 2.36. The van der Waals surface area contributed by atoms with Crippen LogP contribution in [0.15, 0.2) is 81.6 Å². The highest BCUT2D eigenvalue weighted by molar-refractivity contribution is 6.33. The molecule has 162 valence electrons. The van der Waals surface area contributed by atoms with E-state index in [9.17, 15) is 22.4 Å². The van der Waals surface area contributed by atoms with Crippen LogP contribution in [0.4, 0.5) is 17.6 Å². The van der Waals surface area contributed by atoms with E-state index in [1.807, 2.05) is 0 Å². The molecule has 0 atom stereocenters. The number of allylic oxidation sites excluding steroid dienone is 1. The summed E-state index contributed by atoms with van der Waals surface area (Å²) in [5, 5.41) is 0.0999. The largest absolute Gasteiger partial charge is 0.457 e. The lowest BCUT2D eigenvalue weighted by atomic mass is 10.1. The van der Waals surface area contributed by atoms with E-state index in [0.717, 1.165) is 18.2 Å². The third-order valence-corrected chi connectivity index (χ3v) is 4.89. The second-order valence-electron chi connectivity index (χ2n) is 6.76. The van der Waals surface area contributed by atoms with E-state index in [0.29, 0.717) is 11.3 Å². The predicted octanol–water partition coefficient (Wildman–Crippen LogP) is 7.91. The van der Waals surface area contributed by atoms with E-state index in [2.05, 4.69) is 0 Å². The van der Waals surface area contributed by atoms with Crippen LogP contribution in [0.25, 0.3) is 28.7 Å². The van der Waals surface area contributed by atoms with Crippen LogP contribution in [0, 0.1) is 5.82 Å². The highest BCUT2D eigenvalue weighted by atomic mass is 35.5. The summed E-state index contributed by atoms with van der Waals surface area (Å²) in [5.41, 5.74) is -0.152. The number of hydrogen-bond acceptors (Lipinski definition) is 3. The number of carbonyl (C=O) groups excluding carboxylic acids is 1. The van der Waals surface area contributed by atoms with Crippen molar-refractivity contribution in [2.24, 2.45) is 0 Å². The smallest absolute Gasteiger partial charge is 0.416 e. The number of ketones is 1. The minimum Gasteiger partial charge on any atom is -0.457 e. The average Bonchev–Trinajstić information content (AvgIpc) is 3.42. The van der Waals surface area contributed by atoms with E-state index in [-0.39, 0.29) is 33.7 Å². The number of halogens is 5. The lowest BCUT2D eigenvalue weighted by molar-refractivity contribution is -0.137. The fraction of sp³-hybridized carbons (Fsp3) is 0.0417. The van der Waals surface area contributed by atoms with Crippen molar-refractivity contribution >= 4 is 23.5 Å². The van der Waals surface area contributed by atoms with Gasteiger partial charge in [-0.3, -0.25) is 4.79 Å². The maximum atomic E-state index is 13.0. The zero-order chi connectivity index (χ0) is 22.9. The molecule has 0 aliphatic rings. The van der Waals surface area contributed by atoms with E-state index in [1.165, 1.54) is 54.6 Å². The minimum atomic E-state index is -4.52. The van der Waals surface area contributed by atoms with Gasteiger partial charge >= 0.3 is 6.18 Å². The van der Waals surface area contributed by atoms with Gasteiger partial charge in [0.1, 0.15) is 23.1 Å². The first-order valence-electron chi connectivity index (χ1n) is 9.26. The predicted molar refractivity (Wildman–Crippen MR) is 112 cm³/mol.